The summed E-state index contributed by atoms with van der Waals surface area (Å²) >= 11 is 0. The lowest BCUT2D eigenvalue weighted by Crippen LogP contribution is -2.37. The second kappa shape index (κ2) is 4.99. The molecule has 0 aliphatic heterocycles. The Kier molecular flexibility index (Phi) is 3.40. The molecule has 1 aliphatic carbocycles. The molecule has 6 N–H and O–H groups in total. The Balaban J connectivity index is 1.90. The number of amides is 3. The molecule has 2 rings (SSSR count). The van der Waals surface area contributed by atoms with E-state index in [4.69, 9.17) is 11.5 Å². The summed E-state index contributed by atoms with van der Waals surface area (Å²) in [5, 5.41) is 5.10. The van der Waals surface area contributed by atoms with Crippen molar-refractivity contribution in [3.63, 3.8) is 0 Å². The first kappa shape index (κ1) is 12.3. The second-order valence-corrected chi connectivity index (χ2v) is 4.34. The van der Waals surface area contributed by atoms with Crippen molar-refractivity contribution in [1.29, 1.82) is 0 Å². The maximum absolute atomic E-state index is 11.9. The molecule has 0 radical (unpaired) electrons. The molecule has 3 amide bonds. The largest absolute Gasteiger partial charge is 0.397 e. The molecule has 7 heteroatoms. The number of anilines is 1. The zero-order chi connectivity index (χ0) is 13.1. The number of rotatable bonds is 5. The molecule has 0 spiro atoms. The zero-order valence-electron chi connectivity index (χ0n) is 9.98. The third kappa shape index (κ3) is 2.93. The summed E-state index contributed by atoms with van der Waals surface area (Å²) in [5.41, 5.74) is 11.8. The lowest BCUT2D eigenvalue weighted by molar-refractivity contribution is 0.0944. The number of aromatic nitrogens is 1. The highest BCUT2D eigenvalue weighted by atomic mass is 16.2. The van der Waals surface area contributed by atoms with Crippen molar-refractivity contribution < 1.29 is 9.59 Å². The van der Waals surface area contributed by atoms with Crippen LogP contribution in [0.4, 0.5) is 10.5 Å². The fraction of sp³-hybridized carbons (Fsp3) is 0.455. The average molecular weight is 251 g/mol. The van der Waals surface area contributed by atoms with E-state index in [9.17, 15) is 9.59 Å². The Morgan fingerprint density at radius 1 is 1.33 bits per heavy atom. The summed E-state index contributed by atoms with van der Waals surface area (Å²) in [7, 11) is 0. The molecular formula is C11H17N5O2. The zero-order valence-corrected chi connectivity index (χ0v) is 9.98. The molecule has 1 heterocycles. The maximum Gasteiger partial charge on any atom is 0.312 e. The highest BCUT2D eigenvalue weighted by Crippen LogP contribution is 2.37. The molecule has 7 nitrogen and oxygen atoms in total. The minimum atomic E-state index is -0.602. The molecule has 0 bridgehead atoms. The van der Waals surface area contributed by atoms with Crippen LogP contribution in [0.25, 0.3) is 0 Å². The van der Waals surface area contributed by atoms with Crippen molar-refractivity contribution in [3.8, 4) is 0 Å². The number of carbonyl (C=O) groups is 2. The fourth-order valence-corrected chi connectivity index (χ4v) is 1.79. The van der Waals surface area contributed by atoms with Crippen LogP contribution in [0, 0.1) is 0 Å². The van der Waals surface area contributed by atoms with E-state index in [1.54, 1.807) is 12.3 Å². The van der Waals surface area contributed by atoms with Crippen LogP contribution >= 0.6 is 0 Å². The van der Waals surface area contributed by atoms with Gasteiger partial charge in [-0.2, -0.15) is 0 Å². The molecule has 0 aromatic carbocycles. The first-order valence-electron chi connectivity index (χ1n) is 5.87. The van der Waals surface area contributed by atoms with Crippen LogP contribution in [0.15, 0.2) is 12.3 Å². The number of hydrogen-bond acceptors (Lipinski definition) is 3. The minimum absolute atomic E-state index is 0.190. The van der Waals surface area contributed by atoms with Gasteiger partial charge in [0.2, 0.25) is 0 Å². The molecule has 1 saturated carbocycles. The molecule has 0 atom stereocenters. The smallest absolute Gasteiger partial charge is 0.312 e. The lowest BCUT2D eigenvalue weighted by Gasteiger charge is -2.08. The van der Waals surface area contributed by atoms with Gasteiger partial charge in [-0.25, -0.2) is 4.79 Å². The standard InChI is InChI=1S/C11H17N5O2/c12-7-5-9(16(6-7)8-1-2-8)10(17)14-3-4-15-11(13)18/h5-6,8H,1-4,12H2,(H,14,17)(H3,13,15,18). The van der Waals surface area contributed by atoms with Gasteiger partial charge in [0.1, 0.15) is 5.69 Å². The monoisotopic (exact) mass is 251 g/mol. The summed E-state index contributed by atoms with van der Waals surface area (Å²) in [6.07, 6.45) is 3.95. The fourth-order valence-electron chi connectivity index (χ4n) is 1.79. The number of hydrogen-bond donors (Lipinski definition) is 4. The van der Waals surface area contributed by atoms with Crippen LogP contribution in [0.2, 0.25) is 0 Å². The number of nitrogens with two attached hydrogens (primary N) is 2. The normalized spacial score (nSPS) is 14.2. The van der Waals surface area contributed by atoms with Crippen molar-refractivity contribution in [3.05, 3.63) is 18.0 Å². The van der Waals surface area contributed by atoms with Crippen LogP contribution in [0.3, 0.4) is 0 Å². The molecule has 1 aliphatic rings. The third-order valence-corrected chi connectivity index (χ3v) is 2.75. The van der Waals surface area contributed by atoms with Crippen molar-refractivity contribution >= 4 is 17.6 Å². The number of urea groups is 1. The molecular weight excluding hydrogens is 234 g/mol. The molecule has 98 valence electrons. The average Bonchev–Trinajstić information content (AvgIpc) is 3.07. The van der Waals surface area contributed by atoms with Crippen molar-refractivity contribution in [1.82, 2.24) is 15.2 Å². The van der Waals surface area contributed by atoms with Crippen molar-refractivity contribution in [2.75, 3.05) is 18.8 Å². The molecule has 18 heavy (non-hydrogen) atoms. The number of nitrogens with one attached hydrogen (secondary N) is 2. The van der Waals surface area contributed by atoms with Gasteiger partial charge in [-0.1, -0.05) is 0 Å². The Bertz CT molecular complexity index is 464. The molecule has 1 aromatic heterocycles. The Hall–Kier alpha value is -2.18. The summed E-state index contributed by atoms with van der Waals surface area (Å²) in [4.78, 5) is 22.4. The van der Waals surface area contributed by atoms with Gasteiger partial charge in [0, 0.05) is 25.3 Å². The Labute approximate surface area is 105 Å². The van der Waals surface area contributed by atoms with Crippen LogP contribution in [0.5, 0.6) is 0 Å². The summed E-state index contributed by atoms with van der Waals surface area (Å²) < 4.78 is 1.91. The number of nitrogens with zero attached hydrogens (tertiary/aromatic N) is 1. The number of carbonyl (C=O) groups excluding carboxylic acids is 2. The van der Waals surface area contributed by atoms with E-state index < -0.39 is 6.03 Å². The Morgan fingerprint density at radius 2 is 2.00 bits per heavy atom. The third-order valence-electron chi connectivity index (χ3n) is 2.75. The predicted octanol–water partition coefficient (Wildman–Crippen LogP) is -0.197. The number of nitrogen functional groups attached to an aromatic ring is 1. The van der Waals surface area contributed by atoms with Crippen LogP contribution in [-0.2, 0) is 0 Å². The molecule has 1 aromatic rings. The topological polar surface area (TPSA) is 115 Å². The van der Waals surface area contributed by atoms with Crippen molar-refractivity contribution in [2.24, 2.45) is 5.73 Å². The van der Waals surface area contributed by atoms with Gasteiger partial charge in [0.25, 0.3) is 5.91 Å². The van der Waals surface area contributed by atoms with Gasteiger partial charge < -0.3 is 26.7 Å². The minimum Gasteiger partial charge on any atom is -0.397 e. The first-order valence-corrected chi connectivity index (χ1v) is 5.87. The van der Waals surface area contributed by atoms with Gasteiger partial charge in [-0.15, -0.1) is 0 Å². The highest BCUT2D eigenvalue weighted by Gasteiger charge is 2.27. The second-order valence-electron chi connectivity index (χ2n) is 4.34. The van der Waals surface area contributed by atoms with E-state index >= 15 is 0 Å². The van der Waals surface area contributed by atoms with E-state index in [0.29, 0.717) is 30.5 Å². The van der Waals surface area contributed by atoms with E-state index in [0.717, 1.165) is 12.8 Å². The lowest BCUT2D eigenvalue weighted by atomic mass is 10.3. The quantitative estimate of drug-likeness (QED) is 0.543. The Morgan fingerprint density at radius 3 is 2.61 bits per heavy atom. The molecule has 1 fully saturated rings. The van der Waals surface area contributed by atoms with Gasteiger partial charge >= 0.3 is 6.03 Å². The molecule has 0 saturated heterocycles. The van der Waals surface area contributed by atoms with Gasteiger partial charge in [0.05, 0.1) is 5.69 Å². The van der Waals surface area contributed by atoms with Gasteiger partial charge in [0.15, 0.2) is 0 Å². The SMILES string of the molecule is NC(=O)NCCNC(=O)c1cc(N)cn1C1CC1. The predicted molar refractivity (Wildman–Crippen MR) is 67.0 cm³/mol. The summed E-state index contributed by atoms with van der Waals surface area (Å²) in [6.45, 7) is 0.637. The first-order chi connectivity index (χ1) is 8.58. The van der Waals surface area contributed by atoms with E-state index in [-0.39, 0.29) is 5.91 Å². The van der Waals surface area contributed by atoms with Gasteiger partial charge in [-0.3, -0.25) is 4.79 Å². The van der Waals surface area contributed by atoms with Crippen LogP contribution in [0.1, 0.15) is 29.4 Å². The van der Waals surface area contributed by atoms with Crippen LogP contribution in [-0.4, -0.2) is 29.6 Å². The molecule has 0 unspecified atom stereocenters. The number of primary amides is 1. The van der Waals surface area contributed by atoms with E-state index in [1.165, 1.54) is 0 Å². The maximum atomic E-state index is 11.9. The summed E-state index contributed by atoms with van der Waals surface area (Å²) in [6, 6.07) is 1.46. The van der Waals surface area contributed by atoms with E-state index in [1.807, 2.05) is 4.57 Å². The highest BCUT2D eigenvalue weighted by molar-refractivity contribution is 5.93. The summed E-state index contributed by atoms with van der Waals surface area (Å²) in [5.74, 6) is -0.190. The van der Waals surface area contributed by atoms with Gasteiger partial charge in [-0.05, 0) is 18.9 Å². The van der Waals surface area contributed by atoms with Crippen molar-refractivity contribution in [2.45, 2.75) is 18.9 Å². The van der Waals surface area contributed by atoms with Crippen LogP contribution < -0.4 is 22.1 Å². The van der Waals surface area contributed by atoms with E-state index in [2.05, 4.69) is 10.6 Å².